The number of halogens is 1. The van der Waals surface area contributed by atoms with Crippen LogP contribution >= 0.6 is 15.9 Å². The lowest BCUT2D eigenvalue weighted by Gasteiger charge is -2.08. The molecule has 0 spiro atoms. The third-order valence-corrected chi connectivity index (χ3v) is 3.15. The van der Waals surface area contributed by atoms with Crippen molar-refractivity contribution < 1.29 is 9.90 Å². The van der Waals surface area contributed by atoms with Crippen molar-refractivity contribution in [2.75, 3.05) is 0 Å². The Labute approximate surface area is 101 Å². The molecule has 1 aromatic heterocycles. The highest BCUT2D eigenvalue weighted by molar-refractivity contribution is 9.10. The summed E-state index contributed by atoms with van der Waals surface area (Å²) in [7, 11) is 0. The Morgan fingerprint density at radius 1 is 1.31 bits per heavy atom. The summed E-state index contributed by atoms with van der Waals surface area (Å²) >= 11 is 3.45. The Bertz CT molecular complexity index is 546. The molecule has 1 aromatic carbocycles. The van der Waals surface area contributed by atoms with E-state index in [-0.39, 0.29) is 0 Å². The van der Waals surface area contributed by atoms with Gasteiger partial charge in [0.15, 0.2) is 0 Å². The van der Waals surface area contributed by atoms with Gasteiger partial charge in [0.25, 0.3) is 0 Å². The van der Waals surface area contributed by atoms with Gasteiger partial charge in [-0.25, -0.2) is 4.79 Å². The highest BCUT2D eigenvalue weighted by Crippen LogP contribution is 2.23. The van der Waals surface area contributed by atoms with Crippen LogP contribution in [0.5, 0.6) is 0 Å². The number of hydrogen-bond acceptors (Lipinski definition) is 1. The molecule has 0 radical (unpaired) electrons. The summed E-state index contributed by atoms with van der Waals surface area (Å²) in [5.41, 5.74) is 1.99. The molecule has 0 amide bonds. The molecule has 82 valence electrons. The molecule has 2 rings (SSSR count). The van der Waals surface area contributed by atoms with Crippen molar-refractivity contribution in [2.24, 2.45) is 0 Å². The second-order valence-electron chi connectivity index (χ2n) is 3.44. The third kappa shape index (κ3) is 1.76. The minimum absolute atomic E-state index is 0.329. The maximum absolute atomic E-state index is 10.9. The van der Waals surface area contributed by atoms with E-state index >= 15 is 0 Å². The largest absolute Gasteiger partial charge is 0.478 e. The van der Waals surface area contributed by atoms with Crippen LogP contribution in [-0.4, -0.2) is 15.6 Å². The average Bonchev–Trinajstić information content (AvgIpc) is 2.61. The Kier molecular flexibility index (Phi) is 2.83. The molecule has 0 atom stereocenters. The number of aromatic carboxylic acids is 1. The van der Waals surface area contributed by atoms with Crippen molar-refractivity contribution in [2.45, 2.75) is 6.92 Å². The van der Waals surface area contributed by atoms with Gasteiger partial charge in [-0.2, -0.15) is 0 Å². The van der Waals surface area contributed by atoms with Crippen LogP contribution in [0.3, 0.4) is 0 Å². The number of carboxylic acid groups (broad SMARTS) is 1. The molecule has 2 aromatic rings. The van der Waals surface area contributed by atoms with Crippen LogP contribution in [0.4, 0.5) is 0 Å². The fraction of sp³-hybridized carbons (Fsp3) is 0.0833. The van der Waals surface area contributed by atoms with Gasteiger partial charge >= 0.3 is 5.97 Å². The SMILES string of the molecule is Cc1c(C(=O)O)ccn1-c1ccccc1Br. The Morgan fingerprint density at radius 2 is 2.00 bits per heavy atom. The van der Waals surface area contributed by atoms with E-state index in [2.05, 4.69) is 15.9 Å². The monoisotopic (exact) mass is 279 g/mol. The molecule has 0 saturated carbocycles. The van der Waals surface area contributed by atoms with E-state index in [0.29, 0.717) is 5.56 Å². The predicted octanol–water partition coefficient (Wildman–Crippen LogP) is 3.25. The summed E-state index contributed by atoms with van der Waals surface area (Å²) in [5.74, 6) is -0.900. The highest BCUT2D eigenvalue weighted by atomic mass is 79.9. The summed E-state index contributed by atoms with van der Waals surface area (Å²) < 4.78 is 2.79. The summed E-state index contributed by atoms with van der Waals surface area (Å²) in [4.78, 5) is 10.9. The quantitative estimate of drug-likeness (QED) is 0.917. The van der Waals surface area contributed by atoms with Crippen LogP contribution in [0.15, 0.2) is 41.0 Å². The number of aromatic nitrogens is 1. The van der Waals surface area contributed by atoms with Crippen molar-refractivity contribution in [3.8, 4) is 5.69 Å². The van der Waals surface area contributed by atoms with E-state index in [1.807, 2.05) is 28.8 Å². The zero-order valence-corrected chi connectivity index (χ0v) is 10.2. The minimum atomic E-state index is -0.900. The molecule has 16 heavy (non-hydrogen) atoms. The molecule has 3 nitrogen and oxygen atoms in total. The van der Waals surface area contributed by atoms with Gasteiger partial charge in [-0.15, -0.1) is 0 Å². The molecule has 0 saturated heterocycles. The van der Waals surface area contributed by atoms with E-state index in [1.165, 1.54) is 0 Å². The molecule has 0 fully saturated rings. The Hall–Kier alpha value is -1.55. The normalized spacial score (nSPS) is 10.4. The zero-order valence-electron chi connectivity index (χ0n) is 8.64. The number of para-hydroxylation sites is 1. The molecule has 0 bridgehead atoms. The lowest BCUT2D eigenvalue weighted by molar-refractivity contribution is 0.0696. The number of hydrogen-bond donors (Lipinski definition) is 1. The Balaban J connectivity index is 2.58. The van der Waals surface area contributed by atoms with Crippen molar-refractivity contribution in [1.82, 2.24) is 4.57 Å². The summed E-state index contributed by atoms with van der Waals surface area (Å²) in [6, 6.07) is 9.31. The molecule has 1 heterocycles. The second kappa shape index (κ2) is 4.14. The van der Waals surface area contributed by atoms with Gasteiger partial charge in [-0.1, -0.05) is 12.1 Å². The van der Waals surface area contributed by atoms with Crippen molar-refractivity contribution in [3.05, 3.63) is 52.3 Å². The highest BCUT2D eigenvalue weighted by Gasteiger charge is 2.12. The van der Waals surface area contributed by atoms with Gasteiger partial charge in [0.1, 0.15) is 0 Å². The number of benzene rings is 1. The molecule has 1 N–H and O–H groups in total. The lowest BCUT2D eigenvalue weighted by atomic mass is 10.2. The first-order chi connectivity index (χ1) is 7.61. The van der Waals surface area contributed by atoms with E-state index < -0.39 is 5.97 Å². The van der Waals surface area contributed by atoms with Crippen LogP contribution in [0, 0.1) is 6.92 Å². The second-order valence-corrected chi connectivity index (χ2v) is 4.30. The summed E-state index contributed by atoms with van der Waals surface area (Å²) in [6.07, 6.45) is 1.76. The first-order valence-electron chi connectivity index (χ1n) is 4.77. The van der Waals surface area contributed by atoms with Gasteiger partial charge in [-0.3, -0.25) is 0 Å². The van der Waals surface area contributed by atoms with Gasteiger partial charge in [-0.05, 0) is 41.1 Å². The number of nitrogens with zero attached hydrogens (tertiary/aromatic N) is 1. The van der Waals surface area contributed by atoms with E-state index in [4.69, 9.17) is 5.11 Å². The van der Waals surface area contributed by atoms with Crippen LogP contribution in [0.2, 0.25) is 0 Å². The van der Waals surface area contributed by atoms with E-state index in [0.717, 1.165) is 15.9 Å². The van der Waals surface area contributed by atoms with Crippen LogP contribution in [-0.2, 0) is 0 Å². The van der Waals surface area contributed by atoms with Gasteiger partial charge in [0, 0.05) is 16.4 Å². The number of carboxylic acids is 1. The average molecular weight is 280 g/mol. The first kappa shape index (κ1) is 11.0. The lowest BCUT2D eigenvalue weighted by Crippen LogP contribution is -2.01. The van der Waals surface area contributed by atoms with Crippen LogP contribution < -0.4 is 0 Å². The maximum Gasteiger partial charge on any atom is 0.337 e. The first-order valence-corrected chi connectivity index (χ1v) is 5.56. The fourth-order valence-corrected chi connectivity index (χ4v) is 2.12. The van der Waals surface area contributed by atoms with Crippen molar-refractivity contribution in [3.63, 3.8) is 0 Å². The molecule has 0 unspecified atom stereocenters. The zero-order chi connectivity index (χ0) is 11.7. The summed E-state index contributed by atoms with van der Waals surface area (Å²) in [5, 5.41) is 8.97. The smallest absolute Gasteiger partial charge is 0.337 e. The van der Waals surface area contributed by atoms with Crippen molar-refractivity contribution >= 4 is 21.9 Å². The standard InChI is InChI=1S/C12H10BrNO2/c1-8-9(12(15)16)6-7-14(8)11-5-3-2-4-10(11)13/h2-7H,1H3,(H,15,16). The topological polar surface area (TPSA) is 42.2 Å². The molecule has 0 aliphatic rings. The molecule has 0 aliphatic heterocycles. The molecular weight excluding hydrogens is 270 g/mol. The molecule has 4 heteroatoms. The minimum Gasteiger partial charge on any atom is -0.478 e. The predicted molar refractivity (Wildman–Crippen MR) is 65.2 cm³/mol. The van der Waals surface area contributed by atoms with E-state index in [9.17, 15) is 4.79 Å². The third-order valence-electron chi connectivity index (χ3n) is 2.48. The number of carbonyl (C=O) groups is 1. The molecular formula is C12H10BrNO2. The fourth-order valence-electron chi connectivity index (χ4n) is 1.65. The van der Waals surface area contributed by atoms with Crippen LogP contribution in [0.1, 0.15) is 16.1 Å². The Morgan fingerprint density at radius 3 is 2.56 bits per heavy atom. The number of rotatable bonds is 2. The van der Waals surface area contributed by atoms with Gasteiger partial charge in [0.05, 0.1) is 11.3 Å². The maximum atomic E-state index is 10.9. The van der Waals surface area contributed by atoms with Crippen LogP contribution in [0.25, 0.3) is 5.69 Å². The molecule has 0 aliphatic carbocycles. The summed E-state index contributed by atoms with van der Waals surface area (Å²) in [6.45, 7) is 1.79. The van der Waals surface area contributed by atoms with E-state index in [1.54, 1.807) is 19.2 Å². The van der Waals surface area contributed by atoms with Gasteiger partial charge < -0.3 is 9.67 Å². The van der Waals surface area contributed by atoms with Gasteiger partial charge in [0.2, 0.25) is 0 Å². The van der Waals surface area contributed by atoms with Crippen molar-refractivity contribution in [1.29, 1.82) is 0 Å².